The summed E-state index contributed by atoms with van der Waals surface area (Å²) in [7, 11) is 1.83. The second-order valence-corrected chi connectivity index (χ2v) is 4.04. The lowest BCUT2D eigenvalue weighted by Crippen LogP contribution is -2.18. The van der Waals surface area contributed by atoms with Crippen LogP contribution in [0.15, 0.2) is 30.6 Å². The van der Waals surface area contributed by atoms with E-state index in [0.29, 0.717) is 11.4 Å². The molecule has 0 amide bonds. The van der Waals surface area contributed by atoms with Crippen molar-refractivity contribution in [2.24, 2.45) is 12.8 Å². The quantitative estimate of drug-likeness (QED) is 0.883. The summed E-state index contributed by atoms with van der Waals surface area (Å²) < 4.78 is 1.70. The van der Waals surface area contributed by atoms with Crippen LogP contribution in [0, 0.1) is 0 Å². The third kappa shape index (κ3) is 2.23. The summed E-state index contributed by atoms with van der Waals surface area (Å²) >= 11 is 6.02. The van der Waals surface area contributed by atoms with Gasteiger partial charge >= 0.3 is 0 Å². The summed E-state index contributed by atoms with van der Waals surface area (Å²) in [5, 5.41) is 4.67. The fraction of sp³-hybridized carbons (Fsp3) is 0.273. The SMILES string of the molecule is Cn1ncc(Cl)c1C(N)Cc1ccccn1. The van der Waals surface area contributed by atoms with Gasteiger partial charge in [-0.3, -0.25) is 9.67 Å². The number of hydrogen-bond donors (Lipinski definition) is 1. The van der Waals surface area contributed by atoms with Gasteiger partial charge in [0.25, 0.3) is 0 Å². The van der Waals surface area contributed by atoms with Crippen molar-refractivity contribution in [3.8, 4) is 0 Å². The van der Waals surface area contributed by atoms with Crippen LogP contribution < -0.4 is 5.73 Å². The van der Waals surface area contributed by atoms with Crippen LogP contribution in [0.1, 0.15) is 17.4 Å². The van der Waals surface area contributed by atoms with Gasteiger partial charge in [-0.05, 0) is 12.1 Å². The Bertz CT molecular complexity index is 447. The molecule has 0 radical (unpaired) electrons. The van der Waals surface area contributed by atoms with E-state index in [4.69, 9.17) is 17.3 Å². The van der Waals surface area contributed by atoms with Crippen LogP contribution in [0.3, 0.4) is 0 Å². The maximum Gasteiger partial charge on any atom is 0.0834 e. The van der Waals surface area contributed by atoms with E-state index in [2.05, 4.69) is 10.1 Å². The average Bonchev–Trinajstić information content (AvgIpc) is 2.60. The summed E-state index contributed by atoms with van der Waals surface area (Å²) in [5.74, 6) is 0. The van der Waals surface area contributed by atoms with E-state index < -0.39 is 0 Å². The average molecular weight is 237 g/mol. The van der Waals surface area contributed by atoms with E-state index in [1.807, 2.05) is 25.2 Å². The maximum atomic E-state index is 6.09. The zero-order chi connectivity index (χ0) is 11.5. The zero-order valence-electron chi connectivity index (χ0n) is 8.97. The van der Waals surface area contributed by atoms with Crippen LogP contribution in [-0.2, 0) is 13.5 Å². The lowest BCUT2D eigenvalue weighted by atomic mass is 10.1. The molecule has 0 spiro atoms. The van der Waals surface area contributed by atoms with Gasteiger partial charge in [0.05, 0.1) is 23.0 Å². The number of aromatic nitrogens is 3. The molecule has 0 bridgehead atoms. The minimum atomic E-state index is -0.185. The number of nitrogens with zero attached hydrogens (tertiary/aromatic N) is 3. The molecule has 0 saturated heterocycles. The minimum absolute atomic E-state index is 0.185. The molecule has 84 valence electrons. The molecule has 2 aromatic rings. The Kier molecular flexibility index (Phi) is 3.22. The van der Waals surface area contributed by atoms with Gasteiger partial charge in [0.2, 0.25) is 0 Å². The van der Waals surface area contributed by atoms with Crippen LogP contribution >= 0.6 is 11.6 Å². The van der Waals surface area contributed by atoms with E-state index in [1.165, 1.54) is 0 Å². The van der Waals surface area contributed by atoms with E-state index in [-0.39, 0.29) is 6.04 Å². The molecule has 2 heterocycles. The highest BCUT2D eigenvalue weighted by atomic mass is 35.5. The fourth-order valence-electron chi connectivity index (χ4n) is 1.68. The highest BCUT2D eigenvalue weighted by molar-refractivity contribution is 6.31. The zero-order valence-corrected chi connectivity index (χ0v) is 9.72. The number of pyridine rings is 1. The van der Waals surface area contributed by atoms with Gasteiger partial charge in [-0.2, -0.15) is 5.10 Å². The normalized spacial score (nSPS) is 12.7. The standard InChI is InChI=1S/C11H13ClN4/c1-16-11(9(12)7-15-16)10(13)6-8-4-2-3-5-14-8/h2-5,7,10H,6,13H2,1H3. The molecule has 0 fully saturated rings. The predicted molar refractivity (Wildman–Crippen MR) is 63.1 cm³/mol. The van der Waals surface area contributed by atoms with Gasteiger partial charge in [-0.25, -0.2) is 0 Å². The molecule has 0 aromatic carbocycles. The monoisotopic (exact) mass is 236 g/mol. The van der Waals surface area contributed by atoms with E-state index in [1.54, 1.807) is 17.1 Å². The molecule has 4 nitrogen and oxygen atoms in total. The summed E-state index contributed by atoms with van der Waals surface area (Å²) in [4.78, 5) is 4.24. The molecule has 16 heavy (non-hydrogen) atoms. The Morgan fingerprint density at radius 2 is 2.31 bits per heavy atom. The second kappa shape index (κ2) is 4.63. The lowest BCUT2D eigenvalue weighted by molar-refractivity contribution is 0.611. The summed E-state index contributed by atoms with van der Waals surface area (Å²) in [5.41, 5.74) is 7.88. The Hall–Kier alpha value is -1.39. The summed E-state index contributed by atoms with van der Waals surface area (Å²) in [6.07, 6.45) is 4.02. The fourth-order valence-corrected chi connectivity index (χ4v) is 1.98. The van der Waals surface area contributed by atoms with Crippen molar-refractivity contribution in [1.82, 2.24) is 14.8 Å². The molecular weight excluding hydrogens is 224 g/mol. The van der Waals surface area contributed by atoms with Crippen LogP contribution in [0.25, 0.3) is 0 Å². The molecule has 0 saturated carbocycles. The van der Waals surface area contributed by atoms with E-state index in [9.17, 15) is 0 Å². The van der Waals surface area contributed by atoms with Gasteiger partial charge < -0.3 is 5.73 Å². The molecule has 0 aliphatic rings. The Morgan fingerprint density at radius 3 is 2.88 bits per heavy atom. The highest BCUT2D eigenvalue weighted by Gasteiger charge is 2.15. The number of aryl methyl sites for hydroxylation is 1. The molecule has 0 aliphatic heterocycles. The van der Waals surface area contributed by atoms with Gasteiger partial charge in [-0.15, -0.1) is 0 Å². The molecule has 2 N–H and O–H groups in total. The van der Waals surface area contributed by atoms with Crippen LogP contribution in [-0.4, -0.2) is 14.8 Å². The van der Waals surface area contributed by atoms with E-state index >= 15 is 0 Å². The van der Waals surface area contributed by atoms with Crippen molar-refractivity contribution < 1.29 is 0 Å². The molecule has 2 aromatic heterocycles. The Labute approximate surface area is 99.1 Å². The molecule has 5 heteroatoms. The van der Waals surface area contributed by atoms with Crippen molar-refractivity contribution in [2.75, 3.05) is 0 Å². The van der Waals surface area contributed by atoms with Crippen LogP contribution in [0.5, 0.6) is 0 Å². The first-order valence-corrected chi connectivity index (χ1v) is 5.39. The Morgan fingerprint density at radius 1 is 1.50 bits per heavy atom. The van der Waals surface area contributed by atoms with E-state index in [0.717, 1.165) is 11.4 Å². The summed E-state index contributed by atoms with van der Waals surface area (Å²) in [6, 6.07) is 5.59. The Balaban J connectivity index is 2.18. The molecule has 0 aliphatic carbocycles. The topological polar surface area (TPSA) is 56.7 Å². The minimum Gasteiger partial charge on any atom is -0.322 e. The first-order chi connectivity index (χ1) is 7.68. The molecular formula is C11H13ClN4. The maximum absolute atomic E-state index is 6.09. The third-order valence-corrected chi connectivity index (χ3v) is 2.74. The number of halogens is 1. The molecule has 2 rings (SSSR count). The van der Waals surface area contributed by atoms with Gasteiger partial charge in [0.1, 0.15) is 0 Å². The van der Waals surface area contributed by atoms with Crippen LogP contribution in [0.4, 0.5) is 0 Å². The number of rotatable bonds is 3. The van der Waals surface area contributed by atoms with Crippen molar-refractivity contribution in [3.63, 3.8) is 0 Å². The summed E-state index contributed by atoms with van der Waals surface area (Å²) in [6.45, 7) is 0. The van der Waals surface area contributed by atoms with Crippen LogP contribution in [0.2, 0.25) is 5.02 Å². The van der Waals surface area contributed by atoms with Crippen molar-refractivity contribution in [3.05, 3.63) is 47.0 Å². The molecule has 1 atom stereocenters. The predicted octanol–water partition coefficient (Wildman–Crippen LogP) is 1.71. The first-order valence-electron chi connectivity index (χ1n) is 5.01. The number of nitrogens with two attached hydrogens (primary N) is 1. The first kappa shape index (κ1) is 11.1. The van der Waals surface area contributed by atoms with Crippen molar-refractivity contribution in [1.29, 1.82) is 0 Å². The lowest BCUT2D eigenvalue weighted by Gasteiger charge is -2.12. The second-order valence-electron chi connectivity index (χ2n) is 3.63. The third-order valence-electron chi connectivity index (χ3n) is 2.44. The highest BCUT2D eigenvalue weighted by Crippen LogP contribution is 2.22. The number of hydrogen-bond acceptors (Lipinski definition) is 3. The van der Waals surface area contributed by atoms with Crippen molar-refractivity contribution in [2.45, 2.75) is 12.5 Å². The largest absolute Gasteiger partial charge is 0.322 e. The van der Waals surface area contributed by atoms with Gasteiger partial charge in [0.15, 0.2) is 0 Å². The van der Waals surface area contributed by atoms with Gasteiger partial charge in [0, 0.05) is 25.4 Å². The van der Waals surface area contributed by atoms with Crippen molar-refractivity contribution >= 4 is 11.6 Å². The van der Waals surface area contributed by atoms with Gasteiger partial charge in [-0.1, -0.05) is 17.7 Å². The smallest absolute Gasteiger partial charge is 0.0834 e. The molecule has 1 unspecified atom stereocenters.